The van der Waals surface area contributed by atoms with Crippen LogP contribution in [0.4, 0.5) is 0 Å². The highest BCUT2D eigenvalue weighted by Crippen LogP contribution is 2.28. The van der Waals surface area contributed by atoms with E-state index in [1.165, 1.54) is 0 Å². The zero-order valence-electron chi connectivity index (χ0n) is 12.5. The minimum absolute atomic E-state index is 0.00696. The molecule has 114 valence electrons. The first-order valence-corrected chi connectivity index (χ1v) is 7.62. The van der Waals surface area contributed by atoms with Crippen LogP contribution in [0.25, 0.3) is 0 Å². The van der Waals surface area contributed by atoms with Gasteiger partial charge < -0.3 is 10.4 Å². The van der Waals surface area contributed by atoms with Crippen LogP contribution < -0.4 is 5.32 Å². The Labute approximate surface area is 125 Å². The molecule has 0 heterocycles. The minimum atomic E-state index is -0.852. The summed E-state index contributed by atoms with van der Waals surface area (Å²) in [6.07, 6.45) is 4.15. The lowest BCUT2D eigenvalue weighted by molar-refractivity contribution is -0.136. The molecule has 1 aliphatic rings. The van der Waals surface area contributed by atoms with Crippen LogP contribution in [0, 0.1) is 11.8 Å². The third-order valence-electron chi connectivity index (χ3n) is 4.30. The highest BCUT2D eigenvalue weighted by Gasteiger charge is 2.24. The molecule has 0 atom stereocenters. The van der Waals surface area contributed by atoms with E-state index in [-0.39, 0.29) is 18.2 Å². The second kappa shape index (κ2) is 7.25. The van der Waals surface area contributed by atoms with Crippen LogP contribution >= 0.6 is 0 Å². The van der Waals surface area contributed by atoms with Gasteiger partial charge in [0, 0.05) is 12.5 Å². The van der Waals surface area contributed by atoms with Crippen LogP contribution in [0.5, 0.6) is 0 Å². The summed E-state index contributed by atoms with van der Waals surface area (Å²) in [6, 6.07) is 7.38. The largest absolute Gasteiger partial charge is 0.481 e. The van der Waals surface area contributed by atoms with Crippen LogP contribution in [0.15, 0.2) is 24.3 Å². The molecule has 0 aliphatic heterocycles. The van der Waals surface area contributed by atoms with Gasteiger partial charge in [-0.05, 0) is 42.7 Å². The van der Waals surface area contributed by atoms with Gasteiger partial charge in [0.1, 0.15) is 0 Å². The monoisotopic (exact) mass is 289 g/mol. The molecule has 1 aromatic carbocycles. The molecule has 0 radical (unpaired) electrons. The van der Waals surface area contributed by atoms with E-state index in [1.54, 1.807) is 6.07 Å². The van der Waals surface area contributed by atoms with Crippen molar-refractivity contribution in [1.29, 1.82) is 0 Å². The SMILES string of the molecule is CC1CCC(C(=O)NCc2ccccc2CC(=O)O)CC1. The van der Waals surface area contributed by atoms with E-state index in [4.69, 9.17) is 5.11 Å². The fraction of sp³-hybridized carbons (Fsp3) is 0.529. The molecule has 4 nitrogen and oxygen atoms in total. The Morgan fingerprint density at radius 3 is 2.38 bits per heavy atom. The summed E-state index contributed by atoms with van der Waals surface area (Å²) in [5.74, 6) is 0.0975. The quantitative estimate of drug-likeness (QED) is 0.876. The lowest BCUT2D eigenvalue weighted by Crippen LogP contribution is -2.32. The van der Waals surface area contributed by atoms with Crippen LogP contribution in [-0.4, -0.2) is 17.0 Å². The van der Waals surface area contributed by atoms with E-state index >= 15 is 0 Å². The van der Waals surface area contributed by atoms with Crippen molar-refractivity contribution in [2.75, 3.05) is 0 Å². The van der Waals surface area contributed by atoms with Crippen LogP contribution in [0.3, 0.4) is 0 Å². The van der Waals surface area contributed by atoms with Gasteiger partial charge in [0.25, 0.3) is 0 Å². The number of carbonyl (C=O) groups is 2. The third kappa shape index (κ3) is 4.59. The van der Waals surface area contributed by atoms with Crippen molar-refractivity contribution in [3.8, 4) is 0 Å². The van der Waals surface area contributed by atoms with Crippen molar-refractivity contribution >= 4 is 11.9 Å². The van der Waals surface area contributed by atoms with Gasteiger partial charge in [0.05, 0.1) is 6.42 Å². The molecule has 0 spiro atoms. The zero-order valence-corrected chi connectivity index (χ0v) is 12.5. The van der Waals surface area contributed by atoms with Gasteiger partial charge in [-0.15, -0.1) is 0 Å². The number of amides is 1. The number of aliphatic carboxylic acids is 1. The average molecular weight is 289 g/mol. The average Bonchev–Trinajstić information content (AvgIpc) is 2.46. The highest BCUT2D eigenvalue weighted by atomic mass is 16.4. The molecule has 2 rings (SSSR count). The molecule has 1 aliphatic carbocycles. The second-order valence-electron chi connectivity index (χ2n) is 6.01. The molecule has 0 saturated heterocycles. The first kappa shape index (κ1) is 15.5. The molecule has 21 heavy (non-hydrogen) atoms. The summed E-state index contributed by atoms with van der Waals surface area (Å²) < 4.78 is 0. The fourth-order valence-electron chi connectivity index (χ4n) is 2.91. The number of rotatable bonds is 5. The van der Waals surface area contributed by atoms with Crippen molar-refractivity contribution in [3.63, 3.8) is 0 Å². The standard InChI is InChI=1S/C17H23NO3/c1-12-6-8-13(9-7-12)17(21)18-11-15-5-3-2-4-14(15)10-16(19)20/h2-5,12-13H,6-11H2,1H3,(H,18,21)(H,19,20). The maximum atomic E-state index is 12.2. The molecular weight excluding hydrogens is 266 g/mol. The lowest BCUT2D eigenvalue weighted by atomic mass is 9.82. The van der Waals surface area contributed by atoms with Gasteiger partial charge in [-0.2, -0.15) is 0 Å². The Bertz CT molecular complexity index is 505. The van der Waals surface area contributed by atoms with Crippen molar-refractivity contribution in [2.45, 2.75) is 45.6 Å². The molecule has 0 aromatic heterocycles. The predicted molar refractivity (Wildman–Crippen MR) is 80.8 cm³/mol. The smallest absolute Gasteiger partial charge is 0.307 e. The number of carbonyl (C=O) groups excluding carboxylic acids is 1. The molecular formula is C17H23NO3. The Hall–Kier alpha value is -1.84. The normalized spacial score (nSPS) is 21.8. The predicted octanol–water partition coefficient (Wildman–Crippen LogP) is 2.76. The summed E-state index contributed by atoms with van der Waals surface area (Å²) >= 11 is 0. The van der Waals surface area contributed by atoms with Crippen molar-refractivity contribution in [1.82, 2.24) is 5.32 Å². The van der Waals surface area contributed by atoms with E-state index in [2.05, 4.69) is 12.2 Å². The van der Waals surface area contributed by atoms with Crippen LogP contribution in [-0.2, 0) is 22.6 Å². The van der Waals surface area contributed by atoms with E-state index < -0.39 is 5.97 Å². The number of carboxylic acids is 1. The maximum absolute atomic E-state index is 12.2. The van der Waals surface area contributed by atoms with Crippen molar-refractivity contribution in [2.24, 2.45) is 11.8 Å². The number of carboxylic acid groups (broad SMARTS) is 1. The molecule has 0 unspecified atom stereocenters. The van der Waals surface area contributed by atoms with Gasteiger partial charge in [-0.1, -0.05) is 31.2 Å². The summed E-state index contributed by atoms with van der Waals surface area (Å²) in [6.45, 7) is 2.64. The van der Waals surface area contributed by atoms with Crippen LogP contribution in [0.1, 0.15) is 43.7 Å². The highest BCUT2D eigenvalue weighted by molar-refractivity contribution is 5.78. The van der Waals surface area contributed by atoms with E-state index in [1.807, 2.05) is 18.2 Å². The third-order valence-corrected chi connectivity index (χ3v) is 4.30. The number of benzene rings is 1. The van der Waals surface area contributed by atoms with Gasteiger partial charge in [0.15, 0.2) is 0 Å². The molecule has 2 N–H and O–H groups in total. The Balaban J connectivity index is 1.90. The van der Waals surface area contributed by atoms with E-state index in [0.29, 0.717) is 6.54 Å². The topological polar surface area (TPSA) is 66.4 Å². The Kier molecular flexibility index (Phi) is 5.37. The molecule has 1 fully saturated rings. The van der Waals surface area contributed by atoms with Crippen molar-refractivity contribution < 1.29 is 14.7 Å². The number of nitrogens with one attached hydrogen (secondary N) is 1. The summed E-state index contributed by atoms with van der Waals surface area (Å²) in [7, 11) is 0. The number of hydrogen-bond donors (Lipinski definition) is 2. The molecule has 1 aromatic rings. The fourth-order valence-corrected chi connectivity index (χ4v) is 2.91. The Morgan fingerprint density at radius 2 is 1.76 bits per heavy atom. The Morgan fingerprint density at radius 1 is 1.14 bits per heavy atom. The molecule has 4 heteroatoms. The lowest BCUT2D eigenvalue weighted by Gasteiger charge is -2.25. The van der Waals surface area contributed by atoms with Gasteiger partial charge in [-0.3, -0.25) is 9.59 Å². The first-order chi connectivity index (χ1) is 10.1. The van der Waals surface area contributed by atoms with E-state index in [9.17, 15) is 9.59 Å². The summed E-state index contributed by atoms with van der Waals surface area (Å²) in [5.41, 5.74) is 1.65. The maximum Gasteiger partial charge on any atom is 0.307 e. The zero-order chi connectivity index (χ0) is 15.2. The first-order valence-electron chi connectivity index (χ1n) is 7.62. The van der Waals surface area contributed by atoms with Gasteiger partial charge in [-0.25, -0.2) is 0 Å². The van der Waals surface area contributed by atoms with Gasteiger partial charge in [0.2, 0.25) is 5.91 Å². The molecule has 1 amide bonds. The van der Waals surface area contributed by atoms with Crippen LogP contribution in [0.2, 0.25) is 0 Å². The van der Waals surface area contributed by atoms with Gasteiger partial charge >= 0.3 is 5.97 Å². The second-order valence-corrected chi connectivity index (χ2v) is 6.01. The van der Waals surface area contributed by atoms with E-state index in [0.717, 1.165) is 42.7 Å². The minimum Gasteiger partial charge on any atom is -0.481 e. The molecule has 0 bridgehead atoms. The summed E-state index contributed by atoms with van der Waals surface area (Å²) in [4.78, 5) is 23.0. The number of hydrogen-bond acceptors (Lipinski definition) is 2. The summed E-state index contributed by atoms with van der Waals surface area (Å²) in [5, 5.41) is 11.9. The van der Waals surface area contributed by atoms with Crippen molar-refractivity contribution in [3.05, 3.63) is 35.4 Å². The molecule has 1 saturated carbocycles.